The zero-order valence-electron chi connectivity index (χ0n) is 16.7. The van der Waals surface area contributed by atoms with Crippen molar-refractivity contribution in [2.24, 2.45) is 0 Å². The summed E-state index contributed by atoms with van der Waals surface area (Å²) >= 11 is 6.26. The summed E-state index contributed by atoms with van der Waals surface area (Å²) in [6.07, 6.45) is 0. The number of carboxylic acid groups (broad SMARTS) is 1. The molecule has 0 aliphatic carbocycles. The lowest BCUT2D eigenvalue weighted by atomic mass is 9.93. The van der Waals surface area contributed by atoms with Gasteiger partial charge in [-0.3, -0.25) is 0 Å². The Bertz CT molecular complexity index is 1300. The van der Waals surface area contributed by atoms with Gasteiger partial charge in [0.2, 0.25) is 0 Å². The Labute approximate surface area is 188 Å². The van der Waals surface area contributed by atoms with Crippen LogP contribution in [0.4, 0.5) is 8.78 Å². The van der Waals surface area contributed by atoms with Crippen LogP contribution in [0.25, 0.3) is 22.3 Å². The fourth-order valence-electron chi connectivity index (χ4n) is 3.42. The van der Waals surface area contributed by atoms with Gasteiger partial charge >= 0.3 is 5.97 Å². The van der Waals surface area contributed by atoms with Crippen molar-refractivity contribution in [2.75, 3.05) is 0 Å². The largest absolute Gasteiger partial charge is 0.488 e. The average Bonchev–Trinajstić information content (AvgIpc) is 2.79. The standard InChI is InChI=1S/C26H17ClF2O3/c27-19-9-11-25(32-15-18-8-10-20(28)14-24(18)29)23(13-19)22-7-2-1-6-21(22)16-4-3-5-17(12-16)26(30)31/h1-14H,15H2,(H,30,31). The van der Waals surface area contributed by atoms with Crippen molar-refractivity contribution in [3.8, 4) is 28.0 Å². The first-order valence-corrected chi connectivity index (χ1v) is 10.1. The van der Waals surface area contributed by atoms with Crippen LogP contribution >= 0.6 is 11.6 Å². The molecule has 4 aromatic rings. The summed E-state index contributed by atoms with van der Waals surface area (Å²) < 4.78 is 33.1. The summed E-state index contributed by atoms with van der Waals surface area (Å²) in [7, 11) is 0. The summed E-state index contributed by atoms with van der Waals surface area (Å²) in [5, 5.41) is 9.83. The first-order chi connectivity index (χ1) is 15.4. The average molecular weight is 451 g/mol. The maximum Gasteiger partial charge on any atom is 0.335 e. The number of carboxylic acids is 1. The van der Waals surface area contributed by atoms with Gasteiger partial charge < -0.3 is 9.84 Å². The minimum atomic E-state index is -1.02. The third kappa shape index (κ3) is 4.63. The second-order valence-corrected chi connectivity index (χ2v) is 7.53. The Morgan fingerprint density at radius 1 is 0.844 bits per heavy atom. The van der Waals surface area contributed by atoms with Crippen LogP contribution in [-0.4, -0.2) is 11.1 Å². The maximum absolute atomic E-state index is 14.0. The SMILES string of the molecule is O=C(O)c1cccc(-c2ccccc2-c2cc(Cl)ccc2OCc2ccc(F)cc2F)c1. The maximum atomic E-state index is 14.0. The topological polar surface area (TPSA) is 46.5 Å². The third-order valence-corrected chi connectivity index (χ3v) is 5.21. The molecule has 0 bridgehead atoms. The monoisotopic (exact) mass is 450 g/mol. The highest BCUT2D eigenvalue weighted by Gasteiger charge is 2.15. The molecule has 0 spiro atoms. The number of carbonyl (C=O) groups is 1. The van der Waals surface area contributed by atoms with Crippen molar-refractivity contribution in [1.82, 2.24) is 0 Å². The molecule has 0 aromatic heterocycles. The van der Waals surface area contributed by atoms with Crippen molar-refractivity contribution < 1.29 is 23.4 Å². The molecular weight excluding hydrogens is 434 g/mol. The Morgan fingerprint density at radius 3 is 2.38 bits per heavy atom. The van der Waals surface area contributed by atoms with Crippen LogP contribution in [0.3, 0.4) is 0 Å². The van der Waals surface area contributed by atoms with Gasteiger partial charge in [0.05, 0.1) is 5.56 Å². The van der Waals surface area contributed by atoms with Crippen molar-refractivity contribution in [3.63, 3.8) is 0 Å². The van der Waals surface area contributed by atoms with E-state index in [-0.39, 0.29) is 17.7 Å². The summed E-state index contributed by atoms with van der Waals surface area (Å²) in [6.45, 7) is -0.0998. The number of ether oxygens (including phenoxy) is 1. The third-order valence-electron chi connectivity index (χ3n) is 4.98. The van der Waals surface area contributed by atoms with Gasteiger partial charge in [-0.15, -0.1) is 0 Å². The molecule has 0 fully saturated rings. The summed E-state index contributed by atoms with van der Waals surface area (Å²) in [4.78, 5) is 11.4. The molecule has 0 saturated carbocycles. The first kappa shape index (κ1) is 21.5. The van der Waals surface area contributed by atoms with E-state index >= 15 is 0 Å². The predicted molar refractivity (Wildman–Crippen MR) is 120 cm³/mol. The van der Waals surface area contributed by atoms with E-state index in [1.807, 2.05) is 30.3 Å². The lowest BCUT2D eigenvalue weighted by Crippen LogP contribution is -2.01. The van der Waals surface area contributed by atoms with Gasteiger partial charge in [0, 0.05) is 22.2 Å². The Balaban J connectivity index is 1.75. The van der Waals surface area contributed by atoms with Gasteiger partial charge in [-0.1, -0.05) is 48.0 Å². The quantitative estimate of drug-likeness (QED) is 0.337. The molecule has 0 aliphatic heterocycles. The number of hydrogen-bond acceptors (Lipinski definition) is 2. The van der Waals surface area contributed by atoms with Gasteiger partial charge in [-0.25, -0.2) is 13.6 Å². The number of rotatable bonds is 6. The van der Waals surface area contributed by atoms with Crippen molar-refractivity contribution in [2.45, 2.75) is 6.61 Å². The second-order valence-electron chi connectivity index (χ2n) is 7.10. The van der Waals surface area contributed by atoms with E-state index in [0.717, 1.165) is 22.8 Å². The molecule has 4 aromatic carbocycles. The molecule has 0 atom stereocenters. The number of halogens is 3. The van der Waals surface area contributed by atoms with Gasteiger partial charge in [0.15, 0.2) is 0 Å². The normalized spacial score (nSPS) is 10.7. The second kappa shape index (κ2) is 9.20. The molecule has 1 N–H and O–H groups in total. The molecule has 0 aliphatic rings. The zero-order chi connectivity index (χ0) is 22.7. The van der Waals surface area contributed by atoms with Crippen LogP contribution in [0.5, 0.6) is 5.75 Å². The Hall–Kier alpha value is -3.70. The van der Waals surface area contributed by atoms with E-state index in [2.05, 4.69) is 0 Å². The summed E-state index contributed by atoms with van der Waals surface area (Å²) in [5.41, 5.74) is 3.33. The van der Waals surface area contributed by atoms with Crippen LogP contribution in [-0.2, 0) is 6.61 Å². The van der Waals surface area contributed by atoms with Crippen molar-refractivity contribution >= 4 is 17.6 Å². The zero-order valence-corrected chi connectivity index (χ0v) is 17.4. The van der Waals surface area contributed by atoms with Crippen molar-refractivity contribution in [1.29, 1.82) is 0 Å². The lowest BCUT2D eigenvalue weighted by molar-refractivity contribution is 0.0697. The predicted octanol–water partition coefficient (Wildman–Crippen LogP) is 7.23. The molecule has 32 heavy (non-hydrogen) atoms. The van der Waals surface area contributed by atoms with E-state index < -0.39 is 17.6 Å². The smallest absolute Gasteiger partial charge is 0.335 e. The molecule has 0 unspecified atom stereocenters. The molecule has 6 heteroatoms. The minimum Gasteiger partial charge on any atom is -0.488 e. The van der Waals surface area contributed by atoms with Crippen LogP contribution < -0.4 is 4.74 Å². The molecule has 0 radical (unpaired) electrons. The van der Waals surface area contributed by atoms with Gasteiger partial charge in [-0.05, 0) is 59.2 Å². The van der Waals surface area contributed by atoms with E-state index in [0.29, 0.717) is 16.3 Å². The number of hydrogen-bond donors (Lipinski definition) is 1. The minimum absolute atomic E-state index is 0.0998. The fraction of sp³-hybridized carbons (Fsp3) is 0.0385. The van der Waals surface area contributed by atoms with Gasteiger partial charge in [0.1, 0.15) is 24.0 Å². The highest BCUT2D eigenvalue weighted by atomic mass is 35.5. The van der Waals surface area contributed by atoms with E-state index in [1.54, 1.807) is 30.3 Å². The molecular formula is C26H17ClF2O3. The first-order valence-electron chi connectivity index (χ1n) is 9.72. The number of aromatic carboxylic acids is 1. The number of benzene rings is 4. The molecule has 3 nitrogen and oxygen atoms in total. The molecule has 4 rings (SSSR count). The van der Waals surface area contributed by atoms with Crippen molar-refractivity contribution in [3.05, 3.63) is 113 Å². The molecule has 160 valence electrons. The van der Waals surface area contributed by atoms with Crippen LogP contribution in [0.1, 0.15) is 15.9 Å². The van der Waals surface area contributed by atoms with Crippen LogP contribution in [0, 0.1) is 11.6 Å². The summed E-state index contributed by atoms with van der Waals surface area (Å²) in [6, 6.07) is 22.5. The molecule has 0 saturated heterocycles. The summed E-state index contributed by atoms with van der Waals surface area (Å²) in [5.74, 6) is -1.90. The molecule has 0 amide bonds. The lowest BCUT2D eigenvalue weighted by Gasteiger charge is -2.16. The van der Waals surface area contributed by atoms with Crippen LogP contribution in [0.2, 0.25) is 5.02 Å². The highest BCUT2D eigenvalue weighted by molar-refractivity contribution is 6.31. The van der Waals surface area contributed by atoms with E-state index in [9.17, 15) is 18.7 Å². The highest BCUT2D eigenvalue weighted by Crippen LogP contribution is 2.39. The van der Waals surface area contributed by atoms with E-state index in [4.69, 9.17) is 16.3 Å². The van der Waals surface area contributed by atoms with Gasteiger partial charge in [0.25, 0.3) is 0 Å². The Morgan fingerprint density at radius 2 is 1.62 bits per heavy atom. The fourth-order valence-corrected chi connectivity index (χ4v) is 3.59. The Kier molecular flexibility index (Phi) is 6.19. The van der Waals surface area contributed by atoms with Crippen LogP contribution in [0.15, 0.2) is 84.9 Å². The van der Waals surface area contributed by atoms with E-state index in [1.165, 1.54) is 18.2 Å². The molecule has 0 heterocycles. The van der Waals surface area contributed by atoms with Gasteiger partial charge in [-0.2, -0.15) is 0 Å².